The van der Waals surface area contributed by atoms with E-state index in [1.165, 1.54) is 60.3 Å². The molecule has 0 aliphatic carbocycles. The molecular weight excluding hydrogens is 753 g/mol. The summed E-state index contributed by atoms with van der Waals surface area (Å²) in [5, 5.41) is 9.44. The van der Waals surface area contributed by atoms with E-state index in [0.717, 1.165) is 66.2 Å². The quantitative estimate of drug-likeness (QED) is 0.177. The maximum atomic E-state index is 5.46. The van der Waals surface area contributed by atoms with E-state index in [1.54, 1.807) is 0 Å². The first kappa shape index (κ1) is 34.5. The summed E-state index contributed by atoms with van der Waals surface area (Å²) in [4.78, 5) is 14.2. The number of fused-ring (bicyclic) bond motifs is 12. The Bertz CT molecular complexity index is 3920. The minimum absolute atomic E-state index is 0.837. The van der Waals surface area contributed by atoms with Crippen LogP contribution in [0.3, 0.4) is 0 Å². The molecule has 0 spiro atoms. The summed E-state index contributed by atoms with van der Waals surface area (Å²) in [6.07, 6.45) is 1.94. The summed E-state index contributed by atoms with van der Waals surface area (Å²) >= 11 is 0. The second-order valence-electron chi connectivity index (χ2n) is 16.3. The highest BCUT2D eigenvalue weighted by atomic mass is 15.0. The molecule has 0 saturated carbocycles. The average molecular weight is 789 g/mol. The van der Waals surface area contributed by atoms with Gasteiger partial charge >= 0.3 is 0 Å². The molecule has 62 heavy (non-hydrogen) atoms. The van der Waals surface area contributed by atoms with Crippen LogP contribution in [-0.4, -0.2) is 19.5 Å². The van der Waals surface area contributed by atoms with Crippen molar-refractivity contribution in [2.24, 2.45) is 0 Å². The zero-order valence-electron chi connectivity index (χ0n) is 33.5. The molecule has 4 nitrogen and oxygen atoms in total. The Balaban J connectivity index is 0.956. The Kier molecular flexibility index (Phi) is 7.57. The fourth-order valence-corrected chi connectivity index (χ4v) is 9.74. The fraction of sp³-hybridized carbons (Fsp3) is 0. The van der Waals surface area contributed by atoms with Gasteiger partial charge in [0.2, 0.25) is 0 Å². The van der Waals surface area contributed by atoms with Crippen LogP contribution in [0.15, 0.2) is 212 Å². The van der Waals surface area contributed by atoms with Gasteiger partial charge in [-0.25, -0.2) is 4.98 Å². The predicted molar refractivity (Wildman–Crippen MR) is 260 cm³/mol. The summed E-state index contributed by atoms with van der Waals surface area (Å²) in [6.45, 7) is 0. The van der Waals surface area contributed by atoms with Crippen LogP contribution in [-0.2, 0) is 0 Å². The van der Waals surface area contributed by atoms with Crippen LogP contribution >= 0.6 is 0 Å². The van der Waals surface area contributed by atoms with E-state index in [2.05, 4.69) is 216 Å². The molecule has 13 aromatic rings. The van der Waals surface area contributed by atoms with Crippen LogP contribution in [0.5, 0.6) is 0 Å². The summed E-state index contributed by atoms with van der Waals surface area (Å²) < 4.78 is 2.38. The van der Waals surface area contributed by atoms with Gasteiger partial charge in [0.15, 0.2) is 0 Å². The maximum Gasteiger partial charge on any atom is 0.0979 e. The van der Waals surface area contributed by atoms with Gasteiger partial charge in [-0.1, -0.05) is 146 Å². The third-order valence-electron chi connectivity index (χ3n) is 12.7. The third kappa shape index (κ3) is 5.40. The Morgan fingerprint density at radius 1 is 0.323 bits per heavy atom. The van der Waals surface area contributed by atoms with Crippen molar-refractivity contribution >= 4 is 76.2 Å². The van der Waals surface area contributed by atoms with Crippen LogP contribution in [0, 0.1) is 0 Å². The lowest BCUT2D eigenvalue weighted by Gasteiger charge is -2.14. The van der Waals surface area contributed by atoms with Gasteiger partial charge in [-0.15, -0.1) is 0 Å². The van der Waals surface area contributed by atoms with Gasteiger partial charge in [0.25, 0.3) is 0 Å². The van der Waals surface area contributed by atoms with Crippen LogP contribution in [0.4, 0.5) is 0 Å². The van der Waals surface area contributed by atoms with E-state index < -0.39 is 0 Å². The standard InChI is InChI=1S/C58H36N4/c1-3-12-36(13-4-1)38-22-26-46-48(31-38)49-32-39(37-14-5-2-6-15-37)23-27-47(49)58-57(46)59-35-54(61-58)42-16-11-17-43(30-42)62-55-21-10-8-19-45(55)51-34-41(25-29-56(51)62)40-24-28-53-50(33-40)44-18-7-9-20-52(44)60-53/h1-35,60H. The number of hydrogen-bond donors (Lipinski definition) is 1. The predicted octanol–water partition coefficient (Wildman–Crippen LogP) is 15.3. The van der Waals surface area contributed by atoms with E-state index in [4.69, 9.17) is 9.97 Å². The molecule has 0 saturated heterocycles. The molecule has 3 heterocycles. The molecular formula is C58H36N4. The number of H-pyrrole nitrogens is 1. The first-order valence-corrected chi connectivity index (χ1v) is 21.1. The average Bonchev–Trinajstić information content (AvgIpc) is 3.89. The molecule has 10 aromatic carbocycles. The number of nitrogens with zero attached hydrogens (tertiary/aromatic N) is 3. The Labute approximate surface area is 357 Å². The third-order valence-corrected chi connectivity index (χ3v) is 12.7. The second-order valence-corrected chi connectivity index (χ2v) is 16.3. The van der Waals surface area contributed by atoms with Crippen molar-refractivity contribution in [3.05, 3.63) is 212 Å². The van der Waals surface area contributed by atoms with Gasteiger partial charge in [-0.3, -0.25) is 4.98 Å². The number of hydrogen-bond acceptors (Lipinski definition) is 2. The van der Waals surface area contributed by atoms with Gasteiger partial charge in [0.05, 0.1) is 34.0 Å². The molecule has 0 bridgehead atoms. The lowest BCUT2D eigenvalue weighted by Crippen LogP contribution is -1.96. The highest BCUT2D eigenvalue weighted by Crippen LogP contribution is 2.40. The van der Waals surface area contributed by atoms with Gasteiger partial charge < -0.3 is 9.55 Å². The van der Waals surface area contributed by atoms with E-state index in [9.17, 15) is 0 Å². The second kappa shape index (κ2) is 13.6. The monoisotopic (exact) mass is 788 g/mol. The smallest absolute Gasteiger partial charge is 0.0979 e. The first-order valence-electron chi connectivity index (χ1n) is 21.1. The van der Waals surface area contributed by atoms with Crippen molar-refractivity contribution in [2.75, 3.05) is 0 Å². The van der Waals surface area contributed by atoms with Crippen molar-refractivity contribution < 1.29 is 0 Å². The van der Waals surface area contributed by atoms with Gasteiger partial charge in [-0.2, -0.15) is 0 Å². The molecule has 0 amide bonds. The largest absolute Gasteiger partial charge is 0.355 e. The van der Waals surface area contributed by atoms with Crippen LogP contribution < -0.4 is 0 Å². The van der Waals surface area contributed by atoms with Crippen molar-refractivity contribution in [3.63, 3.8) is 0 Å². The zero-order chi connectivity index (χ0) is 40.7. The van der Waals surface area contributed by atoms with E-state index in [1.807, 2.05) is 6.20 Å². The van der Waals surface area contributed by atoms with Gasteiger partial charge in [0, 0.05) is 54.6 Å². The number of para-hydroxylation sites is 2. The Morgan fingerprint density at radius 3 is 1.63 bits per heavy atom. The summed E-state index contributed by atoms with van der Waals surface area (Å²) in [5.74, 6) is 0. The fourth-order valence-electron chi connectivity index (χ4n) is 9.74. The molecule has 3 aromatic heterocycles. The van der Waals surface area contributed by atoms with Crippen molar-refractivity contribution in [2.45, 2.75) is 0 Å². The molecule has 0 radical (unpaired) electrons. The van der Waals surface area contributed by atoms with Crippen LogP contribution in [0.25, 0.3) is 127 Å². The van der Waals surface area contributed by atoms with Crippen molar-refractivity contribution in [1.82, 2.24) is 19.5 Å². The highest BCUT2D eigenvalue weighted by molar-refractivity contribution is 6.24. The minimum atomic E-state index is 0.837. The number of aromatic amines is 1. The normalized spacial score (nSPS) is 11.9. The molecule has 13 rings (SSSR count). The van der Waals surface area contributed by atoms with Gasteiger partial charge in [-0.05, 0) is 105 Å². The number of aromatic nitrogens is 4. The molecule has 4 heteroatoms. The van der Waals surface area contributed by atoms with Crippen LogP contribution in [0.2, 0.25) is 0 Å². The highest BCUT2D eigenvalue weighted by Gasteiger charge is 2.18. The van der Waals surface area contributed by atoms with Crippen molar-refractivity contribution in [3.8, 4) is 50.3 Å². The Morgan fingerprint density at radius 2 is 0.871 bits per heavy atom. The van der Waals surface area contributed by atoms with Crippen molar-refractivity contribution in [1.29, 1.82) is 0 Å². The maximum absolute atomic E-state index is 5.46. The zero-order valence-corrected chi connectivity index (χ0v) is 33.5. The lowest BCUT2D eigenvalue weighted by molar-refractivity contribution is 1.18. The number of benzene rings is 10. The van der Waals surface area contributed by atoms with E-state index >= 15 is 0 Å². The minimum Gasteiger partial charge on any atom is -0.355 e. The first-order chi connectivity index (χ1) is 30.7. The number of rotatable bonds is 5. The molecule has 0 unspecified atom stereocenters. The summed E-state index contributed by atoms with van der Waals surface area (Å²) in [5.41, 5.74) is 16.5. The SMILES string of the molecule is c1ccc(-c2ccc3c(c2)c2cc(-c4ccccc4)ccc2c2nc(-c4cccc(-n5c6ccccc6c6cc(-c7ccc8[nH]c9ccccc9c8c7)ccc65)c4)cnc32)cc1. The number of nitrogens with one attached hydrogen (secondary N) is 1. The molecule has 0 aliphatic heterocycles. The molecule has 0 atom stereocenters. The molecule has 0 fully saturated rings. The topological polar surface area (TPSA) is 46.5 Å². The molecule has 0 aliphatic rings. The summed E-state index contributed by atoms with van der Waals surface area (Å²) in [6, 6.07) is 74.3. The summed E-state index contributed by atoms with van der Waals surface area (Å²) in [7, 11) is 0. The lowest BCUT2D eigenvalue weighted by atomic mass is 9.93. The van der Waals surface area contributed by atoms with Crippen LogP contribution in [0.1, 0.15) is 0 Å². The molecule has 1 N–H and O–H groups in total. The van der Waals surface area contributed by atoms with Gasteiger partial charge in [0.1, 0.15) is 0 Å². The van der Waals surface area contributed by atoms with E-state index in [-0.39, 0.29) is 0 Å². The Hall–Kier alpha value is -8.34. The van der Waals surface area contributed by atoms with E-state index in [0.29, 0.717) is 0 Å². The molecule has 288 valence electrons.